The molecule has 1 fully saturated rings. The summed E-state index contributed by atoms with van der Waals surface area (Å²) in [6.07, 6.45) is 9.42. The van der Waals surface area contributed by atoms with Crippen LogP contribution in [0.4, 0.5) is 0 Å². The van der Waals surface area contributed by atoms with Crippen LogP contribution in [0, 0.1) is 5.92 Å². The maximum Gasteiger partial charge on any atom is 0.0834 e. The van der Waals surface area contributed by atoms with E-state index in [9.17, 15) is 0 Å². The molecule has 0 aromatic carbocycles. The van der Waals surface area contributed by atoms with Crippen LogP contribution in [0.15, 0.2) is 6.20 Å². The molecule has 0 spiro atoms. The van der Waals surface area contributed by atoms with Crippen molar-refractivity contribution in [2.24, 2.45) is 11.8 Å². The first-order valence-electron chi connectivity index (χ1n) is 7.34. The third-order valence-electron chi connectivity index (χ3n) is 4.12. The van der Waals surface area contributed by atoms with E-state index in [0.29, 0.717) is 12.0 Å². The topological polar surface area (TPSA) is 55.9 Å². The summed E-state index contributed by atoms with van der Waals surface area (Å²) < 4.78 is 2.00. The lowest BCUT2D eigenvalue weighted by molar-refractivity contribution is 0.306. The van der Waals surface area contributed by atoms with Crippen molar-refractivity contribution < 1.29 is 0 Å². The van der Waals surface area contributed by atoms with Gasteiger partial charge in [0.25, 0.3) is 0 Å². The Balaban J connectivity index is 2.27. The summed E-state index contributed by atoms with van der Waals surface area (Å²) in [7, 11) is 0. The lowest BCUT2D eigenvalue weighted by Gasteiger charge is -2.27. The molecule has 1 aromatic rings. The van der Waals surface area contributed by atoms with Crippen LogP contribution in [-0.2, 0) is 0 Å². The van der Waals surface area contributed by atoms with Crippen molar-refractivity contribution in [2.75, 3.05) is 0 Å². The Kier molecular flexibility index (Phi) is 5.25. The van der Waals surface area contributed by atoms with Gasteiger partial charge in [0, 0.05) is 6.04 Å². The largest absolute Gasteiger partial charge is 0.271 e. The van der Waals surface area contributed by atoms with Gasteiger partial charge in [-0.2, -0.15) is 5.10 Å². The van der Waals surface area contributed by atoms with E-state index in [0.717, 1.165) is 10.7 Å². The van der Waals surface area contributed by atoms with Gasteiger partial charge in [0.15, 0.2) is 0 Å². The first kappa shape index (κ1) is 14.8. The third kappa shape index (κ3) is 3.30. The SMILES string of the molecule is CC(C)n1ncc(Cl)c1C(NN)C1CCCCCC1. The summed E-state index contributed by atoms with van der Waals surface area (Å²) in [5.41, 5.74) is 4.04. The maximum atomic E-state index is 6.34. The second-order valence-corrected chi connectivity index (χ2v) is 6.22. The van der Waals surface area contributed by atoms with Gasteiger partial charge in [-0.1, -0.05) is 37.3 Å². The molecule has 1 atom stereocenters. The molecule has 108 valence electrons. The molecule has 19 heavy (non-hydrogen) atoms. The average Bonchev–Trinajstić information content (AvgIpc) is 2.62. The fraction of sp³-hybridized carbons (Fsp3) is 0.786. The molecule has 0 radical (unpaired) electrons. The molecule has 4 nitrogen and oxygen atoms in total. The molecule has 1 unspecified atom stereocenters. The summed E-state index contributed by atoms with van der Waals surface area (Å²) in [5.74, 6) is 6.39. The molecule has 0 aliphatic heterocycles. The van der Waals surface area contributed by atoms with Crippen molar-refractivity contribution in [2.45, 2.75) is 64.5 Å². The number of nitrogens with one attached hydrogen (secondary N) is 1. The number of rotatable bonds is 4. The lowest BCUT2D eigenvalue weighted by atomic mass is 9.90. The molecule has 2 rings (SSSR count). The van der Waals surface area contributed by atoms with Crippen LogP contribution in [0.2, 0.25) is 5.02 Å². The molecule has 1 heterocycles. The number of aromatic nitrogens is 2. The van der Waals surface area contributed by atoms with Crippen LogP contribution in [0.1, 0.15) is 70.2 Å². The Morgan fingerprint density at radius 1 is 1.32 bits per heavy atom. The number of hydrogen-bond donors (Lipinski definition) is 2. The number of hydrogen-bond acceptors (Lipinski definition) is 3. The first-order chi connectivity index (χ1) is 9.15. The molecule has 5 heteroatoms. The van der Waals surface area contributed by atoms with E-state index < -0.39 is 0 Å². The zero-order chi connectivity index (χ0) is 13.8. The van der Waals surface area contributed by atoms with Gasteiger partial charge in [0.05, 0.1) is 23.0 Å². The van der Waals surface area contributed by atoms with Crippen LogP contribution in [0.25, 0.3) is 0 Å². The Morgan fingerprint density at radius 2 is 1.95 bits per heavy atom. The van der Waals surface area contributed by atoms with E-state index in [2.05, 4.69) is 24.4 Å². The van der Waals surface area contributed by atoms with Gasteiger partial charge in [-0.05, 0) is 32.6 Å². The zero-order valence-corrected chi connectivity index (χ0v) is 12.7. The van der Waals surface area contributed by atoms with Crippen LogP contribution in [0.3, 0.4) is 0 Å². The summed E-state index contributed by atoms with van der Waals surface area (Å²) in [5, 5.41) is 5.11. The van der Waals surface area contributed by atoms with E-state index in [1.807, 2.05) is 4.68 Å². The summed E-state index contributed by atoms with van der Waals surface area (Å²) in [6.45, 7) is 4.24. The summed E-state index contributed by atoms with van der Waals surface area (Å²) in [6, 6.07) is 0.402. The minimum Gasteiger partial charge on any atom is -0.271 e. The summed E-state index contributed by atoms with van der Waals surface area (Å²) >= 11 is 6.34. The minimum atomic E-state index is 0.107. The highest BCUT2D eigenvalue weighted by molar-refractivity contribution is 6.31. The number of nitrogens with two attached hydrogens (primary N) is 1. The highest BCUT2D eigenvalue weighted by Crippen LogP contribution is 2.36. The van der Waals surface area contributed by atoms with Crippen molar-refractivity contribution in [3.05, 3.63) is 16.9 Å². The van der Waals surface area contributed by atoms with Gasteiger partial charge >= 0.3 is 0 Å². The zero-order valence-electron chi connectivity index (χ0n) is 11.9. The van der Waals surface area contributed by atoms with Crippen LogP contribution >= 0.6 is 11.6 Å². The molecule has 0 amide bonds. The highest BCUT2D eigenvalue weighted by atomic mass is 35.5. The van der Waals surface area contributed by atoms with Crippen molar-refractivity contribution in [1.29, 1.82) is 0 Å². The molecule has 3 N–H and O–H groups in total. The second kappa shape index (κ2) is 6.73. The van der Waals surface area contributed by atoms with Gasteiger partial charge in [-0.3, -0.25) is 16.0 Å². The Labute approximate surface area is 120 Å². The number of hydrazine groups is 1. The third-order valence-corrected chi connectivity index (χ3v) is 4.41. The van der Waals surface area contributed by atoms with Gasteiger partial charge in [0.1, 0.15) is 0 Å². The van der Waals surface area contributed by atoms with E-state index in [1.165, 1.54) is 38.5 Å². The lowest BCUT2D eigenvalue weighted by Crippen LogP contribution is -2.35. The van der Waals surface area contributed by atoms with Gasteiger partial charge in [-0.25, -0.2) is 0 Å². The number of nitrogens with zero attached hydrogens (tertiary/aromatic N) is 2. The molecule has 1 aliphatic carbocycles. The highest BCUT2D eigenvalue weighted by Gasteiger charge is 2.28. The fourth-order valence-electron chi connectivity index (χ4n) is 3.14. The van der Waals surface area contributed by atoms with Crippen LogP contribution in [0.5, 0.6) is 0 Å². The average molecular weight is 285 g/mol. The summed E-state index contributed by atoms with van der Waals surface area (Å²) in [4.78, 5) is 0. The Morgan fingerprint density at radius 3 is 2.47 bits per heavy atom. The normalized spacial score (nSPS) is 19.6. The van der Waals surface area contributed by atoms with Gasteiger partial charge in [-0.15, -0.1) is 0 Å². The number of halogens is 1. The van der Waals surface area contributed by atoms with Crippen LogP contribution < -0.4 is 11.3 Å². The predicted octanol–water partition coefficient (Wildman–Crippen LogP) is 3.59. The van der Waals surface area contributed by atoms with Crippen LogP contribution in [-0.4, -0.2) is 9.78 Å². The van der Waals surface area contributed by atoms with Crippen molar-refractivity contribution >= 4 is 11.6 Å². The minimum absolute atomic E-state index is 0.107. The smallest absolute Gasteiger partial charge is 0.0834 e. The predicted molar refractivity (Wildman–Crippen MR) is 78.9 cm³/mol. The standard InChI is InChI=1S/C14H25ClN4/c1-10(2)19-14(12(15)9-17-19)13(18-16)11-7-5-3-4-6-8-11/h9-11,13,18H,3-8,16H2,1-2H3. The molecule has 1 aromatic heterocycles. The van der Waals surface area contributed by atoms with Gasteiger partial charge in [0.2, 0.25) is 0 Å². The molecular weight excluding hydrogens is 260 g/mol. The van der Waals surface area contributed by atoms with Crippen molar-refractivity contribution in [1.82, 2.24) is 15.2 Å². The van der Waals surface area contributed by atoms with Gasteiger partial charge < -0.3 is 0 Å². The maximum absolute atomic E-state index is 6.34. The van der Waals surface area contributed by atoms with E-state index in [-0.39, 0.29) is 6.04 Å². The van der Waals surface area contributed by atoms with E-state index in [4.69, 9.17) is 17.4 Å². The molecule has 0 saturated heterocycles. The van der Waals surface area contributed by atoms with E-state index >= 15 is 0 Å². The monoisotopic (exact) mass is 284 g/mol. The fourth-order valence-corrected chi connectivity index (χ4v) is 3.38. The Hall–Kier alpha value is -0.580. The van der Waals surface area contributed by atoms with Crippen molar-refractivity contribution in [3.63, 3.8) is 0 Å². The van der Waals surface area contributed by atoms with E-state index in [1.54, 1.807) is 6.20 Å². The second-order valence-electron chi connectivity index (χ2n) is 5.81. The molecular formula is C14H25ClN4. The molecule has 1 saturated carbocycles. The quantitative estimate of drug-likeness (QED) is 0.505. The molecule has 1 aliphatic rings. The Bertz CT molecular complexity index is 394. The molecule has 0 bridgehead atoms. The first-order valence-corrected chi connectivity index (χ1v) is 7.72. The van der Waals surface area contributed by atoms with Crippen molar-refractivity contribution in [3.8, 4) is 0 Å².